The number of carboxylic acid groups (broad SMARTS) is 1. The Morgan fingerprint density at radius 3 is 2.47 bits per heavy atom. The molecule has 36 heavy (non-hydrogen) atoms. The molecular formula is C22H16BrN4NaO8. The molecule has 0 radical (unpaired) electrons. The van der Waals surface area contributed by atoms with Crippen LogP contribution in [0.2, 0.25) is 0 Å². The van der Waals surface area contributed by atoms with Crippen LogP contribution in [0.1, 0.15) is 21.0 Å². The number of methoxy groups -OCH3 is 1. The molecule has 4 aromatic rings. The number of carbonyl (C=O) groups is 2. The molecule has 0 saturated heterocycles. The molecule has 0 spiro atoms. The van der Waals surface area contributed by atoms with E-state index in [0.717, 1.165) is 6.07 Å². The number of carboxylic acids is 1. The molecule has 180 valence electrons. The van der Waals surface area contributed by atoms with Gasteiger partial charge in [-0.25, -0.2) is 14.6 Å². The number of non-ortho nitro benzene ring substituents is 1. The number of anilines is 1. The van der Waals surface area contributed by atoms with Crippen LogP contribution < -0.4 is 45.4 Å². The van der Waals surface area contributed by atoms with Crippen molar-refractivity contribution < 1.29 is 59.0 Å². The average Bonchev–Trinajstić information content (AvgIpc) is 2.84. The fourth-order valence-electron chi connectivity index (χ4n) is 3.18. The second-order valence-corrected chi connectivity index (χ2v) is 7.73. The van der Waals surface area contributed by atoms with Gasteiger partial charge in [0.2, 0.25) is 0 Å². The number of aromatic carboxylic acids is 1. The fourth-order valence-corrected chi connectivity index (χ4v) is 3.51. The molecule has 0 aliphatic carbocycles. The minimum atomic E-state index is -1.28. The Labute approximate surface area is 232 Å². The fraction of sp³-hybridized carbons (Fsp3) is 0.0909. The van der Waals surface area contributed by atoms with E-state index in [1.807, 2.05) is 0 Å². The second-order valence-electron chi connectivity index (χ2n) is 6.88. The maximum absolute atomic E-state index is 11.6. The van der Waals surface area contributed by atoms with E-state index in [-0.39, 0.29) is 67.5 Å². The molecule has 2 aromatic carbocycles. The minimum Gasteiger partial charge on any atom is -0.870 e. The normalized spacial score (nSPS) is 10.1. The maximum Gasteiger partial charge on any atom is 1.00 e. The quantitative estimate of drug-likeness (QED) is 0.132. The number of nitrogens with zero attached hydrogens (tertiary/aromatic N) is 2. The van der Waals surface area contributed by atoms with Crippen molar-refractivity contribution in [1.29, 1.82) is 0 Å². The van der Waals surface area contributed by atoms with Gasteiger partial charge in [-0.2, -0.15) is 0 Å². The van der Waals surface area contributed by atoms with Crippen LogP contribution in [-0.4, -0.2) is 46.1 Å². The number of pyridine rings is 2. The number of benzene rings is 2. The van der Waals surface area contributed by atoms with Gasteiger partial charge < -0.3 is 25.3 Å². The second kappa shape index (κ2) is 11.9. The molecule has 0 aliphatic heterocycles. The van der Waals surface area contributed by atoms with E-state index in [0.29, 0.717) is 11.1 Å². The Hall–Kier alpha value is -3.52. The number of nitro benzene ring substituents is 1. The topological polar surface area (TPSA) is 188 Å². The van der Waals surface area contributed by atoms with E-state index in [4.69, 9.17) is 5.11 Å². The number of hydrogen-bond acceptors (Lipinski definition) is 9. The Bertz CT molecular complexity index is 1560. The number of aromatic amines is 1. The number of nitrogens with one attached hydrogen (secondary N) is 2. The van der Waals surface area contributed by atoms with Crippen LogP contribution in [0.3, 0.4) is 0 Å². The Morgan fingerprint density at radius 1 is 1.19 bits per heavy atom. The molecule has 2 aromatic heterocycles. The maximum atomic E-state index is 11.6. The summed E-state index contributed by atoms with van der Waals surface area (Å²) < 4.78 is 4.86. The van der Waals surface area contributed by atoms with Crippen molar-refractivity contribution in [2.24, 2.45) is 0 Å². The van der Waals surface area contributed by atoms with Crippen molar-refractivity contribution in [2.75, 3.05) is 19.5 Å². The average molecular weight is 567 g/mol. The number of para-hydroxylation sites is 1. The molecule has 0 unspecified atom stereocenters. The van der Waals surface area contributed by atoms with E-state index in [1.54, 1.807) is 19.2 Å². The summed E-state index contributed by atoms with van der Waals surface area (Å²) in [6.07, 6.45) is 0. The third-order valence-corrected chi connectivity index (χ3v) is 5.44. The van der Waals surface area contributed by atoms with Gasteiger partial charge in [0.15, 0.2) is 16.6 Å². The van der Waals surface area contributed by atoms with Crippen molar-refractivity contribution in [3.63, 3.8) is 0 Å². The number of esters is 1. The van der Waals surface area contributed by atoms with E-state index in [9.17, 15) is 29.6 Å². The van der Waals surface area contributed by atoms with Gasteiger partial charge in [0.05, 0.1) is 12.0 Å². The summed E-state index contributed by atoms with van der Waals surface area (Å²) in [6.45, 7) is 0. The van der Waals surface area contributed by atoms with Gasteiger partial charge in [-0.15, -0.1) is 0 Å². The summed E-state index contributed by atoms with van der Waals surface area (Å²) >= 11 is 3.02. The van der Waals surface area contributed by atoms with Crippen molar-refractivity contribution in [2.45, 2.75) is 0 Å². The molecule has 0 saturated carbocycles. The third-order valence-electron chi connectivity index (χ3n) is 4.82. The summed E-state index contributed by atoms with van der Waals surface area (Å²) in [7, 11) is 2.89. The molecular weight excluding hydrogens is 551 g/mol. The molecule has 0 amide bonds. The summed E-state index contributed by atoms with van der Waals surface area (Å²) in [4.78, 5) is 50.7. The number of H-pyrrole nitrogens is 1. The SMILES string of the molecule is CNc1cc(C(=O)OC)nc2c([N+](=O)[O-])cccc12.O=C(O)c1cc(=O)c2ccc(Br)c([O-])c2[nH]1.[Na+]. The molecule has 0 aliphatic rings. The molecule has 0 fully saturated rings. The summed E-state index contributed by atoms with van der Waals surface area (Å²) in [6, 6.07) is 9.99. The van der Waals surface area contributed by atoms with Gasteiger partial charge in [0.25, 0.3) is 5.69 Å². The van der Waals surface area contributed by atoms with Crippen LogP contribution in [0.5, 0.6) is 5.75 Å². The van der Waals surface area contributed by atoms with Gasteiger partial charge in [0, 0.05) is 45.6 Å². The summed E-state index contributed by atoms with van der Waals surface area (Å²) in [5.41, 5.74) is -0.190. The number of ether oxygens (including phenoxy) is 1. The zero-order valence-corrected chi connectivity index (χ0v) is 22.7. The van der Waals surface area contributed by atoms with Crippen LogP contribution in [0, 0.1) is 10.1 Å². The van der Waals surface area contributed by atoms with Gasteiger partial charge in [-0.05, 0) is 18.2 Å². The van der Waals surface area contributed by atoms with Crippen molar-refractivity contribution in [3.05, 3.63) is 78.7 Å². The number of halogens is 1. The van der Waals surface area contributed by atoms with E-state index >= 15 is 0 Å². The van der Waals surface area contributed by atoms with Gasteiger partial charge in [-0.3, -0.25) is 14.9 Å². The first-order chi connectivity index (χ1) is 16.6. The zero-order chi connectivity index (χ0) is 25.9. The largest absolute Gasteiger partial charge is 1.00 e. The van der Waals surface area contributed by atoms with Crippen LogP contribution in [0.4, 0.5) is 11.4 Å². The molecule has 0 bridgehead atoms. The summed E-state index contributed by atoms with van der Waals surface area (Å²) in [5, 5.41) is 35.0. The van der Waals surface area contributed by atoms with E-state index < -0.39 is 28.0 Å². The van der Waals surface area contributed by atoms with Gasteiger partial charge >= 0.3 is 41.5 Å². The molecule has 14 heteroatoms. The summed E-state index contributed by atoms with van der Waals surface area (Å²) in [5.74, 6) is -2.35. The van der Waals surface area contributed by atoms with Gasteiger partial charge in [-0.1, -0.05) is 33.8 Å². The molecule has 2 heterocycles. The number of nitro groups is 1. The monoisotopic (exact) mass is 566 g/mol. The first-order valence-corrected chi connectivity index (χ1v) is 10.5. The van der Waals surface area contributed by atoms with Crippen LogP contribution in [-0.2, 0) is 4.74 Å². The van der Waals surface area contributed by atoms with Crippen LogP contribution in [0.25, 0.3) is 21.8 Å². The van der Waals surface area contributed by atoms with Crippen molar-refractivity contribution in [3.8, 4) is 5.75 Å². The standard InChI is InChI=1S/C12H11N3O4.C10H6BrNO4.Na/c1-13-8-6-9(12(16)19-2)14-11-7(8)4-3-5-10(11)15(17)18;11-5-2-1-4-7(13)3-6(10(15)16)12-8(4)9(5)14;/h3-6H,1-2H3,(H,13,14);1-3,14H,(H,12,13)(H,15,16);/q;;+1/p-1. The molecule has 12 nitrogen and oxygen atoms in total. The number of carbonyl (C=O) groups excluding carboxylic acids is 1. The third kappa shape index (κ3) is 5.82. The molecule has 0 atom stereocenters. The van der Waals surface area contributed by atoms with Crippen LogP contribution >= 0.6 is 15.9 Å². The number of rotatable bonds is 4. The molecule has 4 rings (SSSR count). The Morgan fingerprint density at radius 2 is 1.89 bits per heavy atom. The van der Waals surface area contributed by atoms with E-state index in [2.05, 4.69) is 36.0 Å². The predicted molar refractivity (Wildman–Crippen MR) is 128 cm³/mol. The number of hydrogen-bond donors (Lipinski definition) is 3. The number of aromatic nitrogens is 2. The Balaban J connectivity index is 0.000000250. The zero-order valence-electron chi connectivity index (χ0n) is 19.1. The molecule has 3 N–H and O–H groups in total. The first kappa shape index (κ1) is 28.7. The van der Waals surface area contributed by atoms with Crippen molar-refractivity contribution in [1.82, 2.24) is 9.97 Å². The van der Waals surface area contributed by atoms with E-state index in [1.165, 1.54) is 31.4 Å². The Kier molecular flexibility index (Phi) is 9.53. The van der Waals surface area contributed by atoms with Gasteiger partial charge in [0.1, 0.15) is 5.69 Å². The predicted octanol–water partition coefficient (Wildman–Crippen LogP) is 0.0377. The number of fused-ring (bicyclic) bond motifs is 2. The van der Waals surface area contributed by atoms with Crippen LogP contribution in [0.15, 0.2) is 51.7 Å². The minimum absolute atomic E-state index is 0. The first-order valence-electron chi connectivity index (χ1n) is 9.69. The van der Waals surface area contributed by atoms with Crippen molar-refractivity contribution >= 4 is 61.0 Å². The smallest absolute Gasteiger partial charge is 0.870 e.